The van der Waals surface area contributed by atoms with E-state index in [1.165, 1.54) is 19.4 Å². The molecule has 0 atom stereocenters. The summed E-state index contributed by atoms with van der Waals surface area (Å²) in [5.41, 5.74) is 2.65. The van der Waals surface area contributed by atoms with Crippen molar-refractivity contribution in [3.05, 3.63) is 46.9 Å². The van der Waals surface area contributed by atoms with Gasteiger partial charge in [0, 0.05) is 19.4 Å². The molecule has 0 bridgehead atoms. The minimum atomic E-state index is -4.07. The van der Waals surface area contributed by atoms with Crippen LogP contribution in [0.5, 0.6) is 5.88 Å². The van der Waals surface area contributed by atoms with Crippen LogP contribution in [0.2, 0.25) is 0 Å². The van der Waals surface area contributed by atoms with E-state index in [1.807, 2.05) is 39.8 Å². The van der Waals surface area contributed by atoms with E-state index in [2.05, 4.69) is 23.8 Å². The summed E-state index contributed by atoms with van der Waals surface area (Å²) in [4.78, 5) is 8.42. The molecule has 0 spiro atoms. The van der Waals surface area contributed by atoms with E-state index in [0.717, 1.165) is 16.7 Å². The number of nitrogens with zero attached hydrogens (tertiary/aromatic N) is 2. The average Bonchev–Trinajstić information content (AvgIpc) is 2.60. The van der Waals surface area contributed by atoms with E-state index < -0.39 is 10.1 Å². The zero-order valence-corrected chi connectivity index (χ0v) is 18.5. The molecule has 0 N–H and O–H groups in total. The lowest BCUT2D eigenvalue weighted by molar-refractivity contribution is 0.177. The van der Waals surface area contributed by atoms with E-state index in [4.69, 9.17) is 8.92 Å². The maximum Gasteiger partial charge on any atom is 0.341 e. The molecule has 0 saturated heterocycles. The number of aromatic nitrogens is 2. The average molecular weight is 407 g/mol. The third kappa shape index (κ3) is 5.08. The molecule has 0 unspecified atom stereocenters. The summed E-state index contributed by atoms with van der Waals surface area (Å²) < 4.78 is 37.0. The summed E-state index contributed by atoms with van der Waals surface area (Å²) in [6, 6.07) is 5.39. The van der Waals surface area contributed by atoms with Crippen LogP contribution in [0, 0.1) is 0 Å². The standard InChI is InChI=1S/C21H30N2O4S/c1-13(2)16-10-17(14(3)4)21(18(11-16)15(5)6)28(24,25)27-20-8-9-22-19(23-20)12-26-7/h8-11,13-15H,12H2,1-7H3. The Morgan fingerprint density at radius 2 is 1.54 bits per heavy atom. The summed E-state index contributed by atoms with van der Waals surface area (Å²) in [6.07, 6.45) is 1.46. The van der Waals surface area contributed by atoms with Gasteiger partial charge < -0.3 is 8.92 Å². The molecule has 1 aromatic carbocycles. The highest BCUT2D eigenvalue weighted by atomic mass is 32.2. The summed E-state index contributed by atoms with van der Waals surface area (Å²) in [5, 5.41) is 0. The summed E-state index contributed by atoms with van der Waals surface area (Å²) in [7, 11) is -2.55. The van der Waals surface area contributed by atoms with Crippen LogP contribution in [0.3, 0.4) is 0 Å². The molecule has 0 radical (unpaired) electrons. The smallest absolute Gasteiger partial charge is 0.341 e. The Kier molecular flexibility index (Phi) is 7.17. The van der Waals surface area contributed by atoms with Crippen LogP contribution in [0.25, 0.3) is 0 Å². The van der Waals surface area contributed by atoms with E-state index >= 15 is 0 Å². The fourth-order valence-electron chi connectivity index (χ4n) is 2.96. The Balaban J connectivity index is 2.62. The number of methoxy groups -OCH3 is 1. The fourth-order valence-corrected chi connectivity index (χ4v) is 4.53. The Morgan fingerprint density at radius 1 is 0.964 bits per heavy atom. The van der Waals surface area contributed by atoms with Crippen molar-refractivity contribution in [2.75, 3.05) is 7.11 Å². The third-order valence-corrected chi connectivity index (χ3v) is 5.84. The van der Waals surface area contributed by atoms with Crippen LogP contribution in [-0.2, 0) is 21.5 Å². The van der Waals surface area contributed by atoms with Gasteiger partial charge in [-0.15, -0.1) is 0 Å². The quantitative estimate of drug-likeness (QED) is 0.588. The molecular formula is C21H30N2O4S. The lowest BCUT2D eigenvalue weighted by atomic mass is 9.89. The molecule has 7 heteroatoms. The van der Waals surface area contributed by atoms with Gasteiger partial charge in [0.05, 0.1) is 0 Å². The highest BCUT2D eigenvalue weighted by Gasteiger charge is 2.29. The third-order valence-electron chi connectivity index (χ3n) is 4.48. The van der Waals surface area contributed by atoms with Crippen molar-refractivity contribution in [3.8, 4) is 5.88 Å². The lowest BCUT2D eigenvalue weighted by Gasteiger charge is -2.22. The van der Waals surface area contributed by atoms with Crippen molar-refractivity contribution in [2.24, 2.45) is 0 Å². The number of benzene rings is 1. The van der Waals surface area contributed by atoms with Crippen LogP contribution in [0.1, 0.15) is 81.8 Å². The van der Waals surface area contributed by atoms with Gasteiger partial charge in [-0.2, -0.15) is 13.4 Å². The van der Waals surface area contributed by atoms with Gasteiger partial charge in [-0.3, -0.25) is 0 Å². The van der Waals surface area contributed by atoms with Gasteiger partial charge in [-0.25, -0.2) is 4.98 Å². The Labute approximate surface area is 168 Å². The van der Waals surface area contributed by atoms with Gasteiger partial charge in [-0.1, -0.05) is 53.7 Å². The normalized spacial score (nSPS) is 12.2. The molecule has 1 heterocycles. The van der Waals surface area contributed by atoms with Crippen molar-refractivity contribution in [1.29, 1.82) is 0 Å². The van der Waals surface area contributed by atoms with Gasteiger partial charge in [0.25, 0.3) is 0 Å². The number of hydrogen-bond acceptors (Lipinski definition) is 6. The predicted molar refractivity (Wildman–Crippen MR) is 109 cm³/mol. The molecule has 1 aromatic heterocycles. The first-order chi connectivity index (χ1) is 13.1. The second kappa shape index (κ2) is 9.01. The fraction of sp³-hybridized carbons (Fsp3) is 0.524. The van der Waals surface area contributed by atoms with E-state index in [0.29, 0.717) is 11.7 Å². The zero-order chi connectivity index (χ0) is 21.1. The Bertz CT molecular complexity index is 893. The molecule has 28 heavy (non-hydrogen) atoms. The maximum atomic E-state index is 13.3. The molecule has 6 nitrogen and oxygen atoms in total. The van der Waals surface area contributed by atoms with Crippen molar-refractivity contribution >= 4 is 10.1 Å². The van der Waals surface area contributed by atoms with E-state index in [9.17, 15) is 8.42 Å². The molecule has 154 valence electrons. The van der Waals surface area contributed by atoms with Crippen LogP contribution >= 0.6 is 0 Å². The number of hydrogen-bond donors (Lipinski definition) is 0. The van der Waals surface area contributed by atoms with Crippen LogP contribution in [0.4, 0.5) is 0 Å². The summed E-state index contributed by atoms with van der Waals surface area (Å²) in [6.45, 7) is 12.3. The second-order valence-electron chi connectivity index (χ2n) is 7.77. The molecular weight excluding hydrogens is 376 g/mol. The Morgan fingerprint density at radius 3 is 2.00 bits per heavy atom. The van der Waals surface area contributed by atoms with Crippen LogP contribution in [0.15, 0.2) is 29.3 Å². The molecule has 0 aliphatic rings. The molecule has 0 amide bonds. The number of rotatable bonds is 8. The van der Waals surface area contributed by atoms with Crippen molar-refractivity contribution in [1.82, 2.24) is 9.97 Å². The first-order valence-electron chi connectivity index (χ1n) is 9.49. The topological polar surface area (TPSA) is 78.4 Å². The van der Waals surface area contributed by atoms with Crippen LogP contribution < -0.4 is 4.18 Å². The summed E-state index contributed by atoms with van der Waals surface area (Å²) >= 11 is 0. The highest BCUT2D eigenvalue weighted by molar-refractivity contribution is 7.87. The van der Waals surface area contributed by atoms with E-state index in [1.54, 1.807) is 0 Å². The minimum absolute atomic E-state index is 0.0144. The summed E-state index contributed by atoms with van der Waals surface area (Å²) in [5.74, 6) is 0.696. The number of ether oxygens (including phenoxy) is 1. The van der Waals surface area contributed by atoms with Gasteiger partial charge >= 0.3 is 10.1 Å². The monoisotopic (exact) mass is 406 g/mol. The Hall–Kier alpha value is -1.99. The highest BCUT2D eigenvalue weighted by Crippen LogP contribution is 2.36. The van der Waals surface area contributed by atoms with Gasteiger partial charge in [0.1, 0.15) is 11.5 Å². The predicted octanol–water partition coefficient (Wildman–Crippen LogP) is 4.76. The molecule has 0 fully saturated rings. The van der Waals surface area contributed by atoms with Gasteiger partial charge in [-0.05, 0) is 34.4 Å². The molecule has 2 rings (SSSR count). The van der Waals surface area contributed by atoms with E-state index in [-0.39, 0.29) is 29.2 Å². The molecule has 0 aliphatic heterocycles. The largest absolute Gasteiger partial charge is 0.377 e. The SMILES string of the molecule is COCc1nccc(OS(=O)(=O)c2c(C(C)C)cc(C(C)C)cc2C(C)C)n1. The van der Waals surface area contributed by atoms with Crippen molar-refractivity contribution in [3.63, 3.8) is 0 Å². The first kappa shape index (κ1) is 22.3. The van der Waals surface area contributed by atoms with Gasteiger partial charge in [0.2, 0.25) is 5.88 Å². The van der Waals surface area contributed by atoms with Crippen molar-refractivity contribution < 1.29 is 17.3 Å². The molecule has 2 aromatic rings. The molecule has 0 saturated carbocycles. The minimum Gasteiger partial charge on any atom is -0.377 e. The van der Waals surface area contributed by atoms with Gasteiger partial charge in [0.15, 0.2) is 5.82 Å². The van der Waals surface area contributed by atoms with Crippen LogP contribution in [-0.4, -0.2) is 25.5 Å². The molecule has 0 aliphatic carbocycles. The first-order valence-corrected chi connectivity index (χ1v) is 10.9. The van der Waals surface area contributed by atoms with Crippen molar-refractivity contribution in [2.45, 2.75) is 70.8 Å². The maximum absolute atomic E-state index is 13.3. The second-order valence-corrected chi connectivity index (χ2v) is 9.26. The lowest BCUT2D eigenvalue weighted by Crippen LogP contribution is -2.18. The zero-order valence-electron chi connectivity index (χ0n) is 17.7.